The number of methoxy groups -OCH3 is 1. The van der Waals surface area contributed by atoms with Crippen LogP contribution in [0.3, 0.4) is 0 Å². The second-order valence-corrected chi connectivity index (χ2v) is 10.5. The minimum atomic E-state index is -0.377. The molecule has 1 fully saturated rings. The molecule has 0 spiro atoms. The van der Waals surface area contributed by atoms with E-state index >= 15 is 0 Å². The highest BCUT2D eigenvalue weighted by Crippen LogP contribution is 2.40. The first-order valence-corrected chi connectivity index (χ1v) is 12.8. The zero-order valence-corrected chi connectivity index (χ0v) is 22.1. The van der Waals surface area contributed by atoms with Crippen LogP contribution < -0.4 is 5.32 Å². The number of ether oxygens (including phenoxy) is 1. The molecule has 3 aromatic rings. The van der Waals surface area contributed by atoms with E-state index in [9.17, 15) is 4.79 Å². The predicted molar refractivity (Wildman–Crippen MR) is 145 cm³/mol. The zero-order chi connectivity index (χ0) is 24.2. The molecule has 2 heterocycles. The molecule has 1 aromatic heterocycles. The van der Waals surface area contributed by atoms with Crippen LogP contribution in [0.5, 0.6) is 0 Å². The predicted octanol–water partition coefficient (Wildman–Crippen LogP) is 6.33. The van der Waals surface area contributed by atoms with Crippen molar-refractivity contribution in [3.63, 3.8) is 0 Å². The number of carbonyl (C=O) groups is 1. The summed E-state index contributed by atoms with van der Waals surface area (Å²) in [6.45, 7) is 6.03. The molecule has 4 rings (SSSR count). The van der Waals surface area contributed by atoms with Gasteiger partial charge in [-0.2, -0.15) is 0 Å². The van der Waals surface area contributed by atoms with E-state index < -0.39 is 0 Å². The summed E-state index contributed by atoms with van der Waals surface area (Å²) in [4.78, 5) is 18.2. The molecule has 0 aliphatic carbocycles. The fourth-order valence-electron chi connectivity index (χ4n) is 4.06. The van der Waals surface area contributed by atoms with Crippen LogP contribution in [0.2, 0.25) is 10.0 Å². The smallest absolute Gasteiger partial charge is 0.341 e. The number of esters is 1. The molecule has 34 heavy (non-hydrogen) atoms. The van der Waals surface area contributed by atoms with Crippen LogP contribution in [0.15, 0.2) is 48.5 Å². The summed E-state index contributed by atoms with van der Waals surface area (Å²) in [5.74, 6) is -0.377. The first-order chi connectivity index (χ1) is 16.4. The van der Waals surface area contributed by atoms with Crippen molar-refractivity contribution in [2.24, 2.45) is 0 Å². The van der Waals surface area contributed by atoms with E-state index in [1.807, 2.05) is 49.4 Å². The average Bonchev–Trinajstić information content (AvgIpc) is 3.16. The lowest BCUT2D eigenvalue weighted by Gasteiger charge is -2.36. The molecule has 0 radical (unpaired) electrons. The molecule has 178 valence electrons. The number of halogens is 2. The SMILES string of the molecule is COC(=O)c1c(NC(=S)N2CCN(Cc3ccc(Cl)cc3Cl)CC2)sc(C)c1-c1ccccc1. The summed E-state index contributed by atoms with van der Waals surface area (Å²) in [5, 5.41) is 5.97. The summed E-state index contributed by atoms with van der Waals surface area (Å²) < 4.78 is 5.11. The van der Waals surface area contributed by atoms with Crippen molar-refractivity contribution in [3.8, 4) is 11.1 Å². The van der Waals surface area contributed by atoms with Crippen LogP contribution in [-0.4, -0.2) is 54.2 Å². The molecule has 1 N–H and O–H groups in total. The zero-order valence-electron chi connectivity index (χ0n) is 18.9. The van der Waals surface area contributed by atoms with Gasteiger partial charge in [-0.15, -0.1) is 11.3 Å². The van der Waals surface area contributed by atoms with E-state index in [1.54, 1.807) is 6.07 Å². The van der Waals surface area contributed by atoms with Gasteiger partial charge in [-0.05, 0) is 42.4 Å². The van der Waals surface area contributed by atoms with Gasteiger partial charge in [0.2, 0.25) is 0 Å². The van der Waals surface area contributed by atoms with Gasteiger partial charge in [0.25, 0.3) is 0 Å². The summed E-state index contributed by atoms with van der Waals surface area (Å²) in [6, 6.07) is 15.5. The van der Waals surface area contributed by atoms with Crippen molar-refractivity contribution >= 4 is 62.8 Å². The molecule has 1 aliphatic rings. The van der Waals surface area contributed by atoms with E-state index in [0.29, 0.717) is 25.7 Å². The van der Waals surface area contributed by atoms with Crippen molar-refractivity contribution in [2.75, 3.05) is 38.6 Å². The van der Waals surface area contributed by atoms with Gasteiger partial charge in [0.1, 0.15) is 10.6 Å². The van der Waals surface area contributed by atoms with Gasteiger partial charge in [-0.3, -0.25) is 4.90 Å². The Balaban J connectivity index is 1.45. The van der Waals surface area contributed by atoms with E-state index in [-0.39, 0.29) is 5.97 Å². The van der Waals surface area contributed by atoms with Crippen LogP contribution in [-0.2, 0) is 11.3 Å². The van der Waals surface area contributed by atoms with Gasteiger partial charge in [0.15, 0.2) is 5.11 Å². The molecule has 0 bridgehead atoms. The van der Waals surface area contributed by atoms with E-state index in [4.69, 9.17) is 40.2 Å². The van der Waals surface area contributed by atoms with Gasteiger partial charge in [-0.25, -0.2) is 4.79 Å². The molecular weight excluding hydrogens is 509 g/mol. The van der Waals surface area contributed by atoms with E-state index in [2.05, 4.69) is 15.1 Å². The van der Waals surface area contributed by atoms with Gasteiger partial charge < -0.3 is 15.0 Å². The number of nitrogens with zero attached hydrogens (tertiary/aromatic N) is 2. The highest BCUT2D eigenvalue weighted by Gasteiger charge is 2.26. The number of hydrogen-bond donors (Lipinski definition) is 1. The Labute approximate surface area is 219 Å². The van der Waals surface area contributed by atoms with Crippen molar-refractivity contribution in [1.29, 1.82) is 0 Å². The Morgan fingerprint density at radius 3 is 2.47 bits per heavy atom. The Hall–Kier alpha value is -2.16. The van der Waals surface area contributed by atoms with Crippen LogP contribution in [0.4, 0.5) is 5.00 Å². The highest BCUT2D eigenvalue weighted by atomic mass is 35.5. The Morgan fingerprint density at radius 1 is 1.12 bits per heavy atom. The highest BCUT2D eigenvalue weighted by molar-refractivity contribution is 7.80. The van der Waals surface area contributed by atoms with Crippen molar-refractivity contribution in [2.45, 2.75) is 13.5 Å². The van der Waals surface area contributed by atoms with Gasteiger partial charge >= 0.3 is 5.97 Å². The molecule has 2 aromatic carbocycles. The third-order valence-electron chi connectivity index (χ3n) is 5.83. The van der Waals surface area contributed by atoms with Gasteiger partial charge in [0, 0.05) is 53.2 Å². The van der Waals surface area contributed by atoms with E-state index in [1.165, 1.54) is 18.4 Å². The number of piperazine rings is 1. The van der Waals surface area contributed by atoms with Crippen LogP contribution in [0.1, 0.15) is 20.8 Å². The Bertz CT molecular complexity index is 1190. The largest absolute Gasteiger partial charge is 0.465 e. The number of rotatable bonds is 5. The first kappa shape index (κ1) is 24.9. The summed E-state index contributed by atoms with van der Waals surface area (Å²) in [6.07, 6.45) is 0. The van der Waals surface area contributed by atoms with E-state index in [0.717, 1.165) is 54.3 Å². The monoisotopic (exact) mass is 533 g/mol. The van der Waals surface area contributed by atoms with Crippen molar-refractivity contribution in [3.05, 3.63) is 74.6 Å². The topological polar surface area (TPSA) is 44.8 Å². The normalized spacial score (nSPS) is 14.2. The maximum Gasteiger partial charge on any atom is 0.341 e. The fourth-order valence-corrected chi connectivity index (χ4v) is 5.94. The summed E-state index contributed by atoms with van der Waals surface area (Å²) in [7, 11) is 1.40. The minimum absolute atomic E-state index is 0.377. The molecule has 1 aliphatic heterocycles. The number of benzene rings is 2. The molecule has 0 amide bonds. The third-order valence-corrected chi connectivity index (χ3v) is 7.79. The second kappa shape index (κ2) is 11.1. The molecular formula is C25H25Cl2N3O2S2. The molecule has 9 heteroatoms. The Morgan fingerprint density at radius 2 is 1.82 bits per heavy atom. The van der Waals surface area contributed by atoms with Gasteiger partial charge in [0.05, 0.1) is 7.11 Å². The number of thiophene rings is 1. The van der Waals surface area contributed by atoms with Crippen LogP contribution >= 0.6 is 46.8 Å². The number of carbonyl (C=O) groups excluding carboxylic acids is 1. The fraction of sp³-hybridized carbons (Fsp3) is 0.280. The molecule has 0 atom stereocenters. The van der Waals surface area contributed by atoms with Crippen LogP contribution in [0.25, 0.3) is 11.1 Å². The quantitative estimate of drug-likeness (QED) is 0.305. The lowest BCUT2D eigenvalue weighted by Crippen LogP contribution is -2.49. The van der Waals surface area contributed by atoms with Crippen molar-refractivity contribution < 1.29 is 9.53 Å². The third kappa shape index (κ3) is 5.56. The number of thiocarbonyl (C=S) groups is 1. The number of anilines is 1. The maximum atomic E-state index is 12.7. The standard InChI is InChI=1S/C25H25Cl2N3O2S2/c1-16-21(17-6-4-3-5-7-17)22(24(31)32-2)23(34-16)28-25(33)30-12-10-29(11-13-30)15-18-8-9-19(26)14-20(18)27/h3-9,14H,10-13,15H2,1-2H3,(H,28,33). The number of aryl methyl sites for hydroxylation is 1. The number of hydrogen-bond acceptors (Lipinski definition) is 5. The average molecular weight is 535 g/mol. The van der Waals surface area contributed by atoms with Crippen LogP contribution in [0, 0.1) is 6.92 Å². The van der Waals surface area contributed by atoms with Crippen molar-refractivity contribution in [1.82, 2.24) is 9.80 Å². The summed E-state index contributed by atoms with van der Waals surface area (Å²) in [5.41, 5.74) is 3.44. The first-order valence-electron chi connectivity index (χ1n) is 10.9. The lowest BCUT2D eigenvalue weighted by atomic mass is 10.0. The molecule has 1 saturated heterocycles. The minimum Gasteiger partial charge on any atom is -0.465 e. The summed E-state index contributed by atoms with van der Waals surface area (Å²) >= 11 is 19.6. The second-order valence-electron chi connectivity index (χ2n) is 8.02. The van der Waals surface area contributed by atoms with Gasteiger partial charge in [-0.1, -0.05) is 59.6 Å². The molecule has 0 saturated carbocycles. The lowest BCUT2D eigenvalue weighted by molar-refractivity contribution is 0.0603. The molecule has 5 nitrogen and oxygen atoms in total. The maximum absolute atomic E-state index is 12.7. The molecule has 0 unspecified atom stereocenters. The Kier molecular flexibility index (Phi) is 8.11. The number of nitrogens with one attached hydrogen (secondary N) is 1.